The minimum atomic E-state index is 0.130. The van der Waals surface area contributed by atoms with Crippen LogP contribution >= 0.6 is 23.1 Å². The van der Waals surface area contributed by atoms with Crippen molar-refractivity contribution in [1.82, 2.24) is 88.1 Å². The highest BCUT2D eigenvalue weighted by molar-refractivity contribution is 8.13. The highest BCUT2D eigenvalue weighted by atomic mass is 32.2. The van der Waals surface area contributed by atoms with E-state index < -0.39 is 0 Å². The van der Waals surface area contributed by atoms with Crippen molar-refractivity contribution < 1.29 is 5.11 Å². The van der Waals surface area contributed by atoms with Crippen LogP contribution in [0.5, 0.6) is 0 Å². The smallest absolute Gasteiger partial charge is 0.201 e. The van der Waals surface area contributed by atoms with Gasteiger partial charge in [-0.1, -0.05) is 74.1 Å². The van der Waals surface area contributed by atoms with Gasteiger partial charge in [0.2, 0.25) is 5.96 Å². The molecule has 3 rings (SSSR count). The second kappa shape index (κ2) is 186. The lowest BCUT2D eigenvalue weighted by Gasteiger charge is -2.25. The predicted octanol–water partition coefficient (Wildman–Crippen LogP) is -3.53. The van der Waals surface area contributed by atoms with Gasteiger partial charge in [0.15, 0.2) is 52.2 Å². The van der Waals surface area contributed by atoms with E-state index in [0.717, 1.165) is 95.9 Å². The lowest BCUT2D eigenvalue weighted by atomic mass is 10.2. The Morgan fingerprint density at radius 3 is 1.02 bits per heavy atom. The van der Waals surface area contributed by atoms with E-state index >= 15 is 0 Å². The number of nitrogen functional groups attached to an aromatic ring is 2. The zero-order valence-electron chi connectivity index (χ0n) is 88.1. The van der Waals surface area contributed by atoms with Gasteiger partial charge >= 0.3 is 0 Å². The molecule has 1 fully saturated rings. The molecule has 128 heavy (non-hydrogen) atoms. The lowest BCUT2D eigenvalue weighted by Crippen LogP contribution is -2.54. The van der Waals surface area contributed by atoms with E-state index in [-0.39, 0.29) is 36.2 Å². The molecule has 1 saturated heterocycles. The molecule has 0 amide bonds. The number of aliphatic hydroxyl groups is 1. The molecule has 1 aliphatic rings. The van der Waals surface area contributed by atoms with Crippen LogP contribution in [0, 0.1) is 29.2 Å². The number of aromatic nitrogens is 3. The lowest BCUT2D eigenvalue weighted by molar-refractivity contribution is 0.296. The number of guanidine groups is 6. The minimum Gasteiger partial charge on any atom is -0.395 e. The Balaban J connectivity index is -0.0000000459. The minimum absolute atomic E-state index is 0.130. The monoisotopic (exact) mass is 1890 g/mol. The standard InChI is InChI=1S/C5H13N.C4H7N3.2C4H11N3.C4H6N2S.C4H10N2.2C4H11N.C3H6N4.2C3H9N3.C3H8N2S.C3H10N2.2C3H8N2.C3H9NO.3C3H9N.C2H7N3.2C2H6N2.2C2H7N.CH5N/c1-4-6(3)5-2;1-7-3-2-6-4(7)5;2*1-3-7-4(5)6-2;1-3-2-6-4(5)7-3;1-5-4-2-6-3-4;1-4(2)5-3;1-3-4-5-2;1-6-3(5)7-2-4;1-5-3(4)6-2;1-2-6-3(4)5;1-5-3(4)6-2;1-5-3-2-4;1-3(4)5-2;1-2-3(4)5;1-4-2-3-5;1-4(2)3;1-3-4-2;1-2-3-4;1-5-2(3)4;1-4-2-3;1-2(3)4;1-3-2;1-2-3;1-2/h4-5H2,1-3H3;2-3H,1H3,(H2,5,6);2*3H2,1-2H3,(H3,5,6,7);2H,1H3,(H2,5,6);4-6H,2-3H2,1H3;4-5H,1-3H3;5H,3-4H2,1-2H3;1H3,(H3,5,6,7);1-2H3,(H3,4,5,6);2H2,1H3,(H4,4,5,6);1-2H3,(H2,4,5);5H,2-4H2,1H3;1-2H3,(H2,4,5);2H2,1H3,(H3,4,5);4-5H,2-3H2,1H3;1-3H3;4H,3H2,1-2H3;2-4H2,1H3;1H3,(H4,3,4,5);2H,1H3,(H2,3,4);1H3,(H3,3,4);3H,1-2H3;2-3H2,1H3;2H2,1H3. The van der Waals surface area contributed by atoms with Crippen molar-refractivity contribution in [2.24, 2.45) is 149 Å². The van der Waals surface area contributed by atoms with Gasteiger partial charge in [-0.15, -0.1) is 11.3 Å². The number of rotatable bonds is 16. The fourth-order valence-electron chi connectivity index (χ4n) is 2.99. The molecule has 49 nitrogen and oxygen atoms in total. The molecule has 51 heteroatoms. The second-order valence-corrected chi connectivity index (χ2v) is 25.1. The van der Waals surface area contributed by atoms with Crippen molar-refractivity contribution in [1.29, 1.82) is 16.1 Å². The van der Waals surface area contributed by atoms with Crippen LogP contribution in [0.15, 0.2) is 63.5 Å². The summed E-state index contributed by atoms with van der Waals surface area (Å²) in [6.45, 7) is 43.0. The molecular weight excluding hydrogens is 1680 g/mol. The summed E-state index contributed by atoms with van der Waals surface area (Å²) in [6.07, 6.45) is 13.0. The molecule has 2 aromatic heterocycles. The first kappa shape index (κ1) is 176. The molecule has 0 aromatic carbocycles. The van der Waals surface area contributed by atoms with Crippen LogP contribution in [0.1, 0.15) is 121 Å². The number of anilines is 2. The van der Waals surface area contributed by atoms with E-state index in [1.54, 1.807) is 92.7 Å². The molecule has 0 atom stereocenters. The van der Waals surface area contributed by atoms with Crippen molar-refractivity contribution in [3.05, 3.63) is 23.5 Å². The summed E-state index contributed by atoms with van der Waals surface area (Å²) < 4.78 is 1.75. The number of thiazole rings is 1. The van der Waals surface area contributed by atoms with E-state index in [4.69, 9.17) is 124 Å². The Bertz CT molecular complexity index is 2370. The molecule has 0 unspecified atom stereocenters. The van der Waals surface area contributed by atoms with Crippen LogP contribution in [0.3, 0.4) is 0 Å². The topological polar surface area (TPSA) is 879 Å². The average molecular weight is 1890 g/mol. The van der Waals surface area contributed by atoms with Crippen molar-refractivity contribution in [3.8, 4) is 6.19 Å². The number of thioether (sulfide) groups is 1. The molecular formula is C77H212N48OS2. The molecule has 0 bridgehead atoms. The van der Waals surface area contributed by atoms with Crippen LogP contribution in [-0.4, -0.2) is 366 Å². The number of aryl methyl sites for hydroxylation is 2. The molecule has 0 spiro atoms. The number of likely N-dealkylation sites (N-methyl/N-ethyl adjacent to an activating group) is 3. The molecule has 2 aromatic rings. The Morgan fingerprint density at radius 1 is 0.641 bits per heavy atom. The number of aliphatic hydroxyl groups excluding tert-OH is 1. The maximum absolute atomic E-state index is 8.00. The first-order valence-electron chi connectivity index (χ1n) is 41.2. The Hall–Kier alpha value is -9.35. The molecule has 0 saturated carbocycles. The Kier molecular flexibility index (Phi) is 256. The number of nitrogens with one attached hydrogen (secondary N) is 14. The van der Waals surface area contributed by atoms with Gasteiger partial charge in [-0.05, 0) is 192 Å². The fraction of sp³-hybridized carbons (Fsp3) is 0.766. The van der Waals surface area contributed by atoms with E-state index in [1.165, 1.54) is 63.9 Å². The molecule has 3 heterocycles. The van der Waals surface area contributed by atoms with Crippen LogP contribution in [-0.2, 0) is 7.05 Å². The summed E-state index contributed by atoms with van der Waals surface area (Å²) >= 11 is 2.96. The van der Waals surface area contributed by atoms with Gasteiger partial charge in [0, 0.05) is 165 Å². The van der Waals surface area contributed by atoms with Crippen LogP contribution < -0.4 is 173 Å². The largest absolute Gasteiger partial charge is 0.395 e. The Morgan fingerprint density at radius 2 is 0.992 bits per heavy atom. The first-order valence-corrected chi connectivity index (χ1v) is 43.2. The van der Waals surface area contributed by atoms with Gasteiger partial charge in [0.25, 0.3) is 0 Å². The molecule has 1 aliphatic heterocycles. The van der Waals surface area contributed by atoms with Gasteiger partial charge in [-0.2, -0.15) is 5.26 Å². The maximum atomic E-state index is 8.00. The summed E-state index contributed by atoms with van der Waals surface area (Å²) in [5, 5.41) is 64.0. The summed E-state index contributed by atoms with van der Waals surface area (Å²) in [5.41, 5.74) is 94.6. The predicted molar refractivity (Wildman–Crippen MR) is 580 cm³/mol. The zero-order valence-corrected chi connectivity index (χ0v) is 89.8. The second-order valence-electron chi connectivity index (χ2n) is 23.0. The number of hydrogen-bond donors (Lipinski definition) is 34. The number of aliphatic imine (C=N–C) groups is 9. The quantitative estimate of drug-likeness (QED) is 0.0335. The van der Waals surface area contributed by atoms with E-state index in [1.807, 2.05) is 130 Å². The zero-order chi connectivity index (χ0) is 106. The first-order chi connectivity index (χ1) is 60.0. The van der Waals surface area contributed by atoms with Crippen LogP contribution in [0.4, 0.5) is 11.1 Å². The fourth-order valence-corrected chi connectivity index (χ4v) is 3.71. The van der Waals surface area contributed by atoms with E-state index in [9.17, 15) is 0 Å². The third-order valence-corrected chi connectivity index (χ3v) is 11.6. The average Bonchev–Trinajstić information content (AvgIpc) is 1.58. The van der Waals surface area contributed by atoms with Gasteiger partial charge in [0.1, 0.15) is 0 Å². The number of amidine groups is 4. The third-order valence-electron chi connectivity index (χ3n) is 10.3. The van der Waals surface area contributed by atoms with Crippen LogP contribution in [0.25, 0.3) is 0 Å². The Labute approximate surface area is 789 Å². The summed E-state index contributed by atoms with van der Waals surface area (Å²) in [6, 6.07) is 1.39. The maximum Gasteiger partial charge on any atom is 0.201 e. The summed E-state index contributed by atoms with van der Waals surface area (Å²) in [4.78, 5) is 44.9. The van der Waals surface area contributed by atoms with Crippen LogP contribution in [0.2, 0.25) is 0 Å². The van der Waals surface area contributed by atoms with Gasteiger partial charge in [-0.3, -0.25) is 61.1 Å². The number of nitrogens with two attached hydrogens (primary N) is 19. The normalized spacial score (nSPS) is 9.77. The van der Waals surface area contributed by atoms with E-state index in [2.05, 4.69) is 185 Å². The van der Waals surface area contributed by atoms with E-state index in [0.29, 0.717) is 65.5 Å². The van der Waals surface area contributed by atoms with Crippen molar-refractivity contribution >= 4 is 98.9 Å². The van der Waals surface area contributed by atoms with Crippen molar-refractivity contribution in [2.45, 2.75) is 135 Å². The molecule has 0 radical (unpaired) electrons. The number of hydrogen-bond acceptors (Lipinski definition) is 33. The number of nitriles is 1. The van der Waals surface area contributed by atoms with Crippen molar-refractivity contribution in [2.75, 3.05) is 271 Å². The summed E-state index contributed by atoms with van der Waals surface area (Å²) in [7, 11) is 41.4. The third kappa shape index (κ3) is 373. The van der Waals surface area contributed by atoms with Gasteiger partial charge in [-0.25, -0.2) is 9.97 Å². The summed E-state index contributed by atoms with van der Waals surface area (Å²) in [5.74, 6) is 3.51. The SMILES string of the molecule is CC(=N)N.CCC(=N)N.CCCN.CCCNC.CCN.CCN(C)CC.CCN=C(N)N.CCNC.CCNC(N)=NC.CCNC(N)=NC.CN.CN(C)C.CN=C(C)N.CN=C(N)N.CN=C(N)NC.CN=C(N)NC#N.CN=C(N)SC.CN=CN.CNC.CNC(C)C.CNC1CNC1.CNCCN.CNCCO.Cc1cnc(N)s1.Cn1ccnc1N. The van der Waals surface area contributed by atoms with Gasteiger partial charge < -0.3 is 187 Å². The van der Waals surface area contributed by atoms with Gasteiger partial charge in [0.05, 0.1) is 30.5 Å². The van der Waals surface area contributed by atoms with Crippen molar-refractivity contribution in [3.63, 3.8) is 0 Å². The number of nitrogens with zero attached hydrogens (tertiary/aromatic N) is 15. The number of imidazole rings is 1. The molecule has 778 valence electrons. The highest BCUT2D eigenvalue weighted by Crippen LogP contribution is 2.11. The molecule has 53 N–H and O–H groups in total. The highest BCUT2D eigenvalue weighted by Gasteiger charge is 2.12. The molecule has 0 aliphatic carbocycles.